The summed E-state index contributed by atoms with van der Waals surface area (Å²) in [5, 5.41) is 2.45. The molecule has 0 unspecified atom stereocenters. The third kappa shape index (κ3) is 3.98. The van der Waals surface area contributed by atoms with Gasteiger partial charge in [0, 0.05) is 11.3 Å². The minimum atomic E-state index is -5.01. The highest BCUT2D eigenvalue weighted by Crippen LogP contribution is 2.36. The highest BCUT2D eigenvalue weighted by atomic mass is 19.4. The molecule has 0 bridgehead atoms. The predicted octanol–water partition coefficient (Wildman–Crippen LogP) is 4.72. The highest BCUT2D eigenvalue weighted by Gasteiger charge is 2.35. The molecular weight excluding hydrogens is 361 g/mol. The number of alkyl halides is 3. The minimum absolute atomic E-state index is 0.0521. The van der Waals surface area contributed by atoms with Crippen LogP contribution in [0.15, 0.2) is 30.3 Å². The summed E-state index contributed by atoms with van der Waals surface area (Å²) in [6, 6.07) is 3.74. The van der Waals surface area contributed by atoms with Crippen LogP contribution in [-0.2, 0) is 10.9 Å². The molecule has 2 rings (SSSR count). The van der Waals surface area contributed by atoms with E-state index in [4.69, 9.17) is 0 Å². The van der Waals surface area contributed by atoms with Gasteiger partial charge in [-0.25, -0.2) is 13.6 Å². The lowest BCUT2D eigenvalue weighted by Gasteiger charge is -2.16. The summed E-state index contributed by atoms with van der Waals surface area (Å²) in [4.78, 5) is 23.4. The summed E-state index contributed by atoms with van der Waals surface area (Å²) in [6.07, 6.45) is -5.01. The van der Waals surface area contributed by atoms with E-state index in [0.717, 1.165) is 32.2 Å². The van der Waals surface area contributed by atoms with Gasteiger partial charge in [0.2, 0.25) is 0 Å². The van der Waals surface area contributed by atoms with Crippen LogP contribution >= 0.6 is 0 Å². The van der Waals surface area contributed by atoms with Crippen LogP contribution in [-0.4, -0.2) is 18.9 Å². The molecule has 138 valence electrons. The Morgan fingerprint density at radius 3 is 2.19 bits per heavy atom. The van der Waals surface area contributed by atoms with Crippen molar-refractivity contribution in [2.45, 2.75) is 13.1 Å². The molecule has 9 heteroatoms. The number of ether oxygens (including phenoxy) is 1. The van der Waals surface area contributed by atoms with Crippen molar-refractivity contribution in [1.29, 1.82) is 0 Å². The first-order chi connectivity index (χ1) is 12.0. The molecule has 2 aromatic rings. The maximum Gasteiger partial charge on any atom is 0.419 e. The Morgan fingerprint density at radius 2 is 1.65 bits per heavy atom. The van der Waals surface area contributed by atoms with Gasteiger partial charge >= 0.3 is 12.1 Å². The van der Waals surface area contributed by atoms with Crippen molar-refractivity contribution in [2.75, 3.05) is 12.4 Å². The minimum Gasteiger partial charge on any atom is -0.465 e. The summed E-state index contributed by atoms with van der Waals surface area (Å²) >= 11 is 0. The molecule has 0 amide bonds. The summed E-state index contributed by atoms with van der Waals surface area (Å²) in [6.45, 7) is 1.13. The number of nitrogens with one attached hydrogen (secondary N) is 1. The van der Waals surface area contributed by atoms with Gasteiger partial charge in [-0.3, -0.25) is 4.79 Å². The molecule has 0 aromatic heterocycles. The second-order valence-electron chi connectivity index (χ2n) is 5.24. The highest BCUT2D eigenvalue weighted by molar-refractivity contribution is 6.02. The smallest absolute Gasteiger partial charge is 0.419 e. The second-order valence-corrected chi connectivity index (χ2v) is 5.24. The Balaban J connectivity index is 2.64. The number of hydrogen-bond acceptors (Lipinski definition) is 4. The zero-order chi connectivity index (χ0) is 19.6. The largest absolute Gasteiger partial charge is 0.465 e. The van der Waals surface area contributed by atoms with Gasteiger partial charge in [-0.2, -0.15) is 13.2 Å². The molecule has 2 aromatic carbocycles. The zero-order valence-corrected chi connectivity index (χ0v) is 13.5. The van der Waals surface area contributed by atoms with Crippen LogP contribution < -0.4 is 5.32 Å². The number of carbonyl (C=O) groups is 2. The van der Waals surface area contributed by atoms with E-state index in [-0.39, 0.29) is 11.3 Å². The number of methoxy groups -OCH3 is 1. The molecule has 0 saturated heterocycles. The molecule has 0 aliphatic carbocycles. The molecule has 0 fully saturated rings. The van der Waals surface area contributed by atoms with E-state index in [9.17, 15) is 31.5 Å². The topological polar surface area (TPSA) is 55.4 Å². The van der Waals surface area contributed by atoms with Crippen molar-refractivity contribution in [3.63, 3.8) is 0 Å². The van der Waals surface area contributed by atoms with Gasteiger partial charge in [-0.15, -0.1) is 0 Å². The first-order valence-corrected chi connectivity index (χ1v) is 7.11. The average molecular weight is 373 g/mol. The molecular formula is C17H12F5NO3. The Bertz CT molecular complexity index is 877. The van der Waals surface area contributed by atoms with Crippen LogP contribution in [0.5, 0.6) is 0 Å². The average Bonchev–Trinajstić information content (AvgIpc) is 2.55. The van der Waals surface area contributed by atoms with E-state index in [1.165, 1.54) is 0 Å². The molecule has 0 heterocycles. The van der Waals surface area contributed by atoms with Crippen LogP contribution in [0.3, 0.4) is 0 Å². The van der Waals surface area contributed by atoms with Gasteiger partial charge in [-0.1, -0.05) is 0 Å². The van der Waals surface area contributed by atoms with Gasteiger partial charge in [0.15, 0.2) is 5.78 Å². The lowest BCUT2D eigenvalue weighted by Crippen LogP contribution is -2.13. The fourth-order valence-corrected chi connectivity index (χ4v) is 2.23. The SMILES string of the molecule is COC(=O)c1cc(F)c(C(F)(F)F)cc1Nc1ccc(F)cc1C(C)=O. The van der Waals surface area contributed by atoms with Crippen LogP contribution in [0, 0.1) is 11.6 Å². The first kappa shape index (κ1) is 19.4. The lowest BCUT2D eigenvalue weighted by atomic mass is 10.1. The number of anilines is 2. The van der Waals surface area contributed by atoms with E-state index < -0.39 is 46.4 Å². The number of ketones is 1. The van der Waals surface area contributed by atoms with E-state index in [2.05, 4.69) is 10.1 Å². The molecule has 1 N–H and O–H groups in total. The number of carbonyl (C=O) groups excluding carboxylic acids is 2. The van der Waals surface area contributed by atoms with Crippen molar-refractivity contribution in [1.82, 2.24) is 0 Å². The van der Waals surface area contributed by atoms with Crippen LogP contribution in [0.2, 0.25) is 0 Å². The quantitative estimate of drug-likeness (QED) is 0.479. The summed E-state index contributed by atoms with van der Waals surface area (Å²) < 4.78 is 70.4. The summed E-state index contributed by atoms with van der Waals surface area (Å²) in [5.74, 6) is -4.05. The van der Waals surface area contributed by atoms with Crippen LogP contribution in [0.1, 0.15) is 33.2 Å². The molecule has 0 spiro atoms. The van der Waals surface area contributed by atoms with Crippen LogP contribution in [0.4, 0.5) is 33.3 Å². The predicted molar refractivity (Wildman–Crippen MR) is 82.4 cm³/mol. The van der Waals surface area contributed by atoms with Gasteiger partial charge in [0.25, 0.3) is 0 Å². The maximum atomic E-state index is 13.8. The van der Waals surface area contributed by atoms with Gasteiger partial charge in [-0.05, 0) is 37.3 Å². The van der Waals surface area contributed by atoms with E-state index in [1.807, 2.05) is 0 Å². The van der Waals surface area contributed by atoms with Gasteiger partial charge in [0.05, 0.1) is 23.9 Å². The number of rotatable bonds is 4. The second kappa shape index (κ2) is 7.11. The van der Waals surface area contributed by atoms with Crippen LogP contribution in [0.25, 0.3) is 0 Å². The van der Waals surface area contributed by atoms with Crippen molar-refractivity contribution >= 4 is 23.1 Å². The van der Waals surface area contributed by atoms with Crippen molar-refractivity contribution in [3.8, 4) is 0 Å². The van der Waals surface area contributed by atoms with Crippen molar-refractivity contribution in [3.05, 3.63) is 58.7 Å². The molecule has 0 saturated carbocycles. The van der Waals surface area contributed by atoms with E-state index >= 15 is 0 Å². The Morgan fingerprint density at radius 1 is 1.00 bits per heavy atom. The standard InChI is InChI=1S/C17H12F5NO3/c1-8(24)10-5-9(18)3-4-14(10)23-15-7-12(17(20,21)22)13(19)6-11(15)16(25)26-2/h3-7,23H,1-2H3. The lowest BCUT2D eigenvalue weighted by molar-refractivity contribution is -0.139. The number of halogens is 5. The number of benzene rings is 2. The molecule has 26 heavy (non-hydrogen) atoms. The monoisotopic (exact) mass is 373 g/mol. The molecule has 0 aliphatic heterocycles. The van der Waals surface area contributed by atoms with Crippen molar-refractivity contribution < 1.29 is 36.3 Å². The maximum absolute atomic E-state index is 13.8. The number of esters is 1. The number of hydrogen-bond donors (Lipinski definition) is 1. The van der Waals surface area contributed by atoms with Crippen molar-refractivity contribution in [2.24, 2.45) is 0 Å². The Kier molecular flexibility index (Phi) is 5.29. The Labute approximate surface area is 144 Å². The zero-order valence-electron chi connectivity index (χ0n) is 13.5. The summed E-state index contributed by atoms with van der Waals surface area (Å²) in [5.41, 5.74) is -2.78. The number of Topliss-reactive ketones (excluding diaryl/α,β-unsaturated/α-hetero) is 1. The van der Waals surface area contributed by atoms with E-state index in [0.29, 0.717) is 12.1 Å². The fourth-order valence-electron chi connectivity index (χ4n) is 2.23. The molecule has 0 radical (unpaired) electrons. The third-order valence-electron chi connectivity index (χ3n) is 3.45. The van der Waals surface area contributed by atoms with Gasteiger partial charge in [0.1, 0.15) is 11.6 Å². The normalized spacial score (nSPS) is 11.2. The first-order valence-electron chi connectivity index (χ1n) is 7.11. The molecule has 0 atom stereocenters. The third-order valence-corrected chi connectivity index (χ3v) is 3.45. The fraction of sp³-hybridized carbons (Fsp3) is 0.176. The van der Waals surface area contributed by atoms with Gasteiger partial charge < -0.3 is 10.1 Å². The molecule has 4 nitrogen and oxygen atoms in total. The Hall–Kier alpha value is -2.97. The molecule has 0 aliphatic rings. The summed E-state index contributed by atoms with van der Waals surface area (Å²) in [7, 11) is 0.973. The van der Waals surface area contributed by atoms with E-state index in [1.54, 1.807) is 0 Å².